The highest BCUT2D eigenvalue weighted by Crippen LogP contribution is 2.29. The van der Waals surface area contributed by atoms with E-state index in [1.165, 1.54) is 0 Å². The Bertz CT molecular complexity index is 1250. The highest BCUT2D eigenvalue weighted by atomic mass is 16.2. The van der Waals surface area contributed by atoms with Gasteiger partial charge in [0.15, 0.2) is 0 Å². The average molecular weight is 411 g/mol. The molecule has 0 radical (unpaired) electrons. The molecule has 0 saturated heterocycles. The van der Waals surface area contributed by atoms with Gasteiger partial charge in [-0.1, -0.05) is 60.7 Å². The molecule has 2 aromatic heterocycles. The van der Waals surface area contributed by atoms with E-state index in [2.05, 4.69) is 20.6 Å². The zero-order chi connectivity index (χ0) is 21.6. The fourth-order valence-corrected chi connectivity index (χ4v) is 3.31. The van der Waals surface area contributed by atoms with Gasteiger partial charge in [0.2, 0.25) is 5.91 Å². The fraction of sp³-hybridized carbons (Fsp3) is 0.0417. The molecule has 0 unspecified atom stereocenters. The summed E-state index contributed by atoms with van der Waals surface area (Å²) in [6, 6.07) is 20.2. The second kappa shape index (κ2) is 8.96. The van der Waals surface area contributed by atoms with Crippen LogP contribution in [0.4, 0.5) is 10.5 Å². The van der Waals surface area contributed by atoms with Crippen molar-refractivity contribution in [1.82, 2.24) is 15.3 Å². The van der Waals surface area contributed by atoms with E-state index in [0.29, 0.717) is 40.0 Å². The van der Waals surface area contributed by atoms with E-state index < -0.39 is 5.91 Å². The standard InChI is InChI=1S/C24H21N5O2/c25-22(30)19(17-9-5-2-6-10-17)13-18-15-27-23-21(18)20(11-12-26-23)29-24(31)28-14-16-7-3-1-4-8-16/h1-13,15H,14H2,(H2,25,30)(H3,26,27,28,29,31)/b19-13+. The molecule has 2 heterocycles. The number of H-pyrrole nitrogens is 1. The van der Waals surface area contributed by atoms with Crippen LogP contribution in [-0.2, 0) is 11.3 Å². The van der Waals surface area contributed by atoms with Crippen molar-refractivity contribution in [2.75, 3.05) is 5.32 Å². The van der Waals surface area contributed by atoms with Crippen LogP contribution in [0.1, 0.15) is 16.7 Å². The Morgan fingerprint density at radius 2 is 1.71 bits per heavy atom. The van der Waals surface area contributed by atoms with Crippen LogP contribution >= 0.6 is 0 Å². The summed E-state index contributed by atoms with van der Waals surface area (Å²) in [7, 11) is 0. The Morgan fingerprint density at radius 1 is 1.00 bits per heavy atom. The summed E-state index contributed by atoms with van der Waals surface area (Å²) in [4.78, 5) is 32.0. The van der Waals surface area contributed by atoms with Crippen LogP contribution in [0.2, 0.25) is 0 Å². The molecule has 154 valence electrons. The zero-order valence-corrected chi connectivity index (χ0v) is 16.6. The quantitative estimate of drug-likeness (QED) is 0.361. The number of hydrogen-bond acceptors (Lipinski definition) is 3. The third kappa shape index (κ3) is 4.62. The second-order valence-electron chi connectivity index (χ2n) is 6.91. The van der Waals surface area contributed by atoms with Gasteiger partial charge in [-0.3, -0.25) is 4.79 Å². The molecule has 5 N–H and O–H groups in total. The first-order valence-corrected chi connectivity index (χ1v) is 9.73. The normalized spacial score (nSPS) is 11.3. The first kappa shape index (κ1) is 19.9. The summed E-state index contributed by atoms with van der Waals surface area (Å²) in [6.45, 7) is 0.403. The topological polar surface area (TPSA) is 113 Å². The smallest absolute Gasteiger partial charge is 0.319 e. The number of rotatable bonds is 6. The number of pyridine rings is 1. The summed E-state index contributed by atoms with van der Waals surface area (Å²) in [5.74, 6) is -0.542. The molecule has 0 fully saturated rings. The monoisotopic (exact) mass is 411 g/mol. The number of anilines is 1. The Hall–Kier alpha value is -4.39. The molecule has 0 saturated carbocycles. The van der Waals surface area contributed by atoms with Gasteiger partial charge in [0.05, 0.1) is 5.69 Å². The van der Waals surface area contributed by atoms with E-state index in [-0.39, 0.29) is 6.03 Å². The molecule has 0 aliphatic rings. The lowest BCUT2D eigenvalue weighted by molar-refractivity contribution is -0.112. The number of urea groups is 1. The number of aromatic amines is 1. The predicted octanol–water partition coefficient (Wildman–Crippen LogP) is 3.91. The highest BCUT2D eigenvalue weighted by molar-refractivity contribution is 6.24. The second-order valence-corrected chi connectivity index (χ2v) is 6.91. The van der Waals surface area contributed by atoms with Gasteiger partial charge in [0.25, 0.3) is 0 Å². The van der Waals surface area contributed by atoms with Gasteiger partial charge >= 0.3 is 6.03 Å². The van der Waals surface area contributed by atoms with Gasteiger partial charge < -0.3 is 21.4 Å². The molecule has 7 nitrogen and oxygen atoms in total. The van der Waals surface area contributed by atoms with E-state index in [0.717, 1.165) is 5.56 Å². The first-order valence-electron chi connectivity index (χ1n) is 9.73. The summed E-state index contributed by atoms with van der Waals surface area (Å²) in [6.07, 6.45) is 5.03. The summed E-state index contributed by atoms with van der Waals surface area (Å²) < 4.78 is 0. The van der Waals surface area contributed by atoms with Gasteiger partial charge in [-0.05, 0) is 23.3 Å². The van der Waals surface area contributed by atoms with E-state index in [9.17, 15) is 9.59 Å². The molecule has 7 heteroatoms. The average Bonchev–Trinajstić information content (AvgIpc) is 3.21. The number of primary amides is 1. The van der Waals surface area contributed by atoms with Crippen molar-refractivity contribution in [3.63, 3.8) is 0 Å². The zero-order valence-electron chi connectivity index (χ0n) is 16.6. The van der Waals surface area contributed by atoms with E-state index in [4.69, 9.17) is 5.73 Å². The lowest BCUT2D eigenvalue weighted by Gasteiger charge is -2.10. The van der Waals surface area contributed by atoms with E-state index >= 15 is 0 Å². The van der Waals surface area contributed by atoms with Crippen LogP contribution in [0.5, 0.6) is 0 Å². The third-order valence-electron chi connectivity index (χ3n) is 4.80. The molecule has 0 bridgehead atoms. The van der Waals surface area contributed by atoms with Crippen molar-refractivity contribution in [3.05, 3.63) is 95.8 Å². The van der Waals surface area contributed by atoms with Crippen LogP contribution in [0.25, 0.3) is 22.7 Å². The van der Waals surface area contributed by atoms with Crippen molar-refractivity contribution >= 4 is 40.3 Å². The number of amides is 3. The molecule has 4 aromatic rings. The van der Waals surface area contributed by atoms with E-state index in [1.807, 2.05) is 60.7 Å². The molecule has 0 atom stereocenters. The third-order valence-corrected chi connectivity index (χ3v) is 4.80. The maximum atomic E-state index is 12.5. The highest BCUT2D eigenvalue weighted by Gasteiger charge is 2.14. The molecule has 3 amide bonds. The lowest BCUT2D eigenvalue weighted by atomic mass is 10.0. The summed E-state index contributed by atoms with van der Waals surface area (Å²) in [5, 5.41) is 6.39. The van der Waals surface area contributed by atoms with Crippen molar-refractivity contribution < 1.29 is 9.59 Å². The maximum absolute atomic E-state index is 12.5. The van der Waals surface area contributed by atoms with Crippen molar-refractivity contribution in [3.8, 4) is 0 Å². The number of hydrogen-bond donors (Lipinski definition) is 4. The van der Waals surface area contributed by atoms with Crippen molar-refractivity contribution in [1.29, 1.82) is 0 Å². The van der Waals surface area contributed by atoms with Crippen molar-refractivity contribution in [2.45, 2.75) is 6.54 Å². The molecule has 0 aliphatic heterocycles. The lowest BCUT2D eigenvalue weighted by Crippen LogP contribution is -2.28. The summed E-state index contributed by atoms with van der Waals surface area (Å²) in [5.41, 5.74) is 9.55. The van der Waals surface area contributed by atoms with Gasteiger partial charge in [-0.2, -0.15) is 0 Å². The van der Waals surface area contributed by atoms with Crippen LogP contribution in [0.3, 0.4) is 0 Å². The number of carbonyl (C=O) groups is 2. The van der Waals surface area contributed by atoms with Crippen LogP contribution in [0, 0.1) is 0 Å². The number of nitrogens with zero attached hydrogens (tertiary/aromatic N) is 1. The Labute approximate surface area is 179 Å². The van der Waals surface area contributed by atoms with Gasteiger partial charge in [0, 0.05) is 35.5 Å². The number of nitrogens with one attached hydrogen (secondary N) is 3. The SMILES string of the molecule is NC(=O)/C(=C/c1c[nH]c2nccc(NC(=O)NCc3ccccc3)c12)c1ccccc1. The minimum atomic E-state index is -0.542. The molecular formula is C24H21N5O2. The number of fused-ring (bicyclic) bond motifs is 1. The first-order chi connectivity index (χ1) is 15.1. The van der Waals surface area contributed by atoms with Gasteiger partial charge in [-0.15, -0.1) is 0 Å². The molecule has 0 spiro atoms. The Kier molecular flexibility index (Phi) is 5.75. The number of benzene rings is 2. The van der Waals surface area contributed by atoms with Crippen molar-refractivity contribution in [2.24, 2.45) is 5.73 Å². The Balaban J connectivity index is 1.63. The van der Waals surface area contributed by atoms with E-state index in [1.54, 1.807) is 24.5 Å². The predicted molar refractivity (Wildman–Crippen MR) is 122 cm³/mol. The number of aromatic nitrogens is 2. The van der Waals surface area contributed by atoms with Crippen LogP contribution in [-0.4, -0.2) is 21.9 Å². The molecule has 4 rings (SSSR count). The molecule has 0 aliphatic carbocycles. The minimum absolute atomic E-state index is 0.342. The molecule has 2 aromatic carbocycles. The summed E-state index contributed by atoms with van der Waals surface area (Å²) >= 11 is 0. The number of nitrogens with two attached hydrogens (primary N) is 1. The van der Waals surface area contributed by atoms with Crippen LogP contribution in [0.15, 0.2) is 79.1 Å². The Morgan fingerprint density at radius 3 is 2.42 bits per heavy atom. The van der Waals surface area contributed by atoms with Crippen LogP contribution < -0.4 is 16.4 Å². The minimum Gasteiger partial charge on any atom is -0.366 e. The molecule has 31 heavy (non-hydrogen) atoms. The van der Waals surface area contributed by atoms with Gasteiger partial charge in [0.1, 0.15) is 5.65 Å². The maximum Gasteiger partial charge on any atom is 0.319 e. The molecular weight excluding hydrogens is 390 g/mol. The van der Waals surface area contributed by atoms with Gasteiger partial charge in [-0.25, -0.2) is 9.78 Å². The fourth-order valence-electron chi connectivity index (χ4n) is 3.31. The largest absolute Gasteiger partial charge is 0.366 e. The number of carbonyl (C=O) groups excluding carboxylic acids is 2.